The monoisotopic (exact) mass is 140 g/mol. The number of carbonyl (C=O) groups excluding carboxylic acids is 1. The molecule has 54 valence electrons. The van der Waals surface area contributed by atoms with Crippen LogP contribution in [-0.2, 0) is 4.79 Å². The van der Waals surface area contributed by atoms with Gasteiger partial charge in [0.1, 0.15) is 6.07 Å². The van der Waals surface area contributed by atoms with E-state index in [0.29, 0.717) is 13.0 Å². The van der Waals surface area contributed by atoms with E-state index in [-0.39, 0.29) is 6.42 Å². The van der Waals surface area contributed by atoms with E-state index >= 15 is 0 Å². The molecule has 0 saturated carbocycles. The zero-order chi connectivity index (χ0) is 7.61. The lowest BCUT2D eigenvalue weighted by Crippen LogP contribution is -2.50. The van der Waals surface area contributed by atoms with Gasteiger partial charge < -0.3 is 10.4 Å². The number of rotatable bonds is 0. The van der Waals surface area contributed by atoms with Gasteiger partial charge in [-0.1, -0.05) is 0 Å². The summed E-state index contributed by atoms with van der Waals surface area (Å²) in [6.45, 7) is 0.558. The quantitative estimate of drug-likeness (QED) is 0.430. The molecule has 0 aliphatic carbocycles. The molecule has 4 heteroatoms. The maximum atomic E-state index is 10.8. The third-order valence-electron chi connectivity index (χ3n) is 1.56. The highest BCUT2D eigenvalue weighted by Gasteiger charge is 2.37. The van der Waals surface area contributed by atoms with Crippen LogP contribution < -0.4 is 5.32 Å². The first kappa shape index (κ1) is 7.03. The highest BCUT2D eigenvalue weighted by molar-refractivity contribution is 5.88. The van der Waals surface area contributed by atoms with Gasteiger partial charge in [-0.25, -0.2) is 0 Å². The molecule has 1 rings (SSSR count). The Bertz CT molecular complexity index is 196. The van der Waals surface area contributed by atoms with Crippen molar-refractivity contribution in [3.05, 3.63) is 0 Å². The third kappa shape index (κ3) is 0.957. The lowest BCUT2D eigenvalue weighted by Gasteiger charge is -2.23. The summed E-state index contributed by atoms with van der Waals surface area (Å²) in [5, 5.41) is 19.9. The molecule has 10 heavy (non-hydrogen) atoms. The Morgan fingerprint density at radius 1 is 1.80 bits per heavy atom. The fourth-order valence-electron chi connectivity index (χ4n) is 0.913. The molecule has 1 aliphatic rings. The van der Waals surface area contributed by atoms with E-state index < -0.39 is 11.5 Å². The molecular formula is C6H8N2O2. The van der Waals surface area contributed by atoms with Crippen LogP contribution in [0.25, 0.3) is 0 Å². The topological polar surface area (TPSA) is 73.1 Å². The summed E-state index contributed by atoms with van der Waals surface area (Å²) in [4.78, 5) is 10.8. The molecule has 0 aromatic carbocycles. The largest absolute Gasteiger partial charge is 0.368 e. The molecule has 0 radical (unpaired) electrons. The Labute approximate surface area is 58.5 Å². The second-order valence-corrected chi connectivity index (χ2v) is 2.33. The first-order valence-electron chi connectivity index (χ1n) is 3.11. The predicted octanol–water partition coefficient (Wildman–Crippen LogP) is -0.849. The van der Waals surface area contributed by atoms with Crippen molar-refractivity contribution in [3.8, 4) is 6.07 Å². The molecule has 1 atom stereocenters. The number of aliphatic hydroxyl groups is 1. The van der Waals surface area contributed by atoms with Crippen LogP contribution in [0.2, 0.25) is 0 Å². The summed E-state index contributed by atoms with van der Waals surface area (Å²) in [7, 11) is 0. The first-order valence-corrected chi connectivity index (χ1v) is 3.11. The minimum Gasteiger partial charge on any atom is -0.368 e. The number of hydrogen-bond donors (Lipinski definition) is 2. The lowest BCUT2D eigenvalue weighted by molar-refractivity contribution is -0.137. The van der Waals surface area contributed by atoms with Crippen molar-refractivity contribution in [2.45, 2.75) is 18.4 Å². The Kier molecular flexibility index (Phi) is 1.60. The molecule has 1 saturated heterocycles. The number of nitrogens with zero attached hydrogens (tertiary/aromatic N) is 1. The predicted molar refractivity (Wildman–Crippen MR) is 32.8 cm³/mol. The third-order valence-corrected chi connectivity index (χ3v) is 1.56. The van der Waals surface area contributed by atoms with Gasteiger partial charge in [0.15, 0.2) is 0 Å². The van der Waals surface area contributed by atoms with Gasteiger partial charge in [0.05, 0.1) is 0 Å². The van der Waals surface area contributed by atoms with Crippen molar-refractivity contribution < 1.29 is 9.90 Å². The van der Waals surface area contributed by atoms with Gasteiger partial charge in [-0.2, -0.15) is 5.26 Å². The number of nitriles is 1. The number of amides is 1. The van der Waals surface area contributed by atoms with Crippen LogP contribution in [0.3, 0.4) is 0 Å². The van der Waals surface area contributed by atoms with Crippen LogP contribution in [0.15, 0.2) is 0 Å². The smallest absolute Gasteiger partial charge is 0.266 e. The Morgan fingerprint density at radius 2 is 2.50 bits per heavy atom. The zero-order valence-corrected chi connectivity index (χ0v) is 5.42. The van der Waals surface area contributed by atoms with Crippen LogP contribution >= 0.6 is 0 Å². The van der Waals surface area contributed by atoms with Crippen molar-refractivity contribution in [3.63, 3.8) is 0 Å². The zero-order valence-electron chi connectivity index (χ0n) is 5.42. The summed E-state index contributed by atoms with van der Waals surface area (Å²) in [6.07, 6.45) is 0.908. The molecular weight excluding hydrogens is 132 g/mol. The molecule has 0 aromatic heterocycles. The summed E-state index contributed by atoms with van der Waals surface area (Å²) in [5.41, 5.74) is -1.77. The van der Waals surface area contributed by atoms with Crippen molar-refractivity contribution in [2.24, 2.45) is 0 Å². The molecule has 2 N–H and O–H groups in total. The van der Waals surface area contributed by atoms with Gasteiger partial charge in [-0.3, -0.25) is 4.79 Å². The van der Waals surface area contributed by atoms with Gasteiger partial charge in [-0.05, 0) is 6.42 Å². The van der Waals surface area contributed by atoms with Gasteiger partial charge >= 0.3 is 0 Å². The second-order valence-electron chi connectivity index (χ2n) is 2.33. The van der Waals surface area contributed by atoms with Crippen molar-refractivity contribution in [1.29, 1.82) is 5.26 Å². The summed E-state index contributed by atoms with van der Waals surface area (Å²) in [6, 6.07) is 1.57. The molecule has 4 nitrogen and oxygen atoms in total. The summed E-state index contributed by atoms with van der Waals surface area (Å²) < 4.78 is 0. The maximum absolute atomic E-state index is 10.8. The highest BCUT2D eigenvalue weighted by Crippen LogP contribution is 2.14. The number of hydrogen-bond acceptors (Lipinski definition) is 3. The van der Waals surface area contributed by atoms with Crippen molar-refractivity contribution in [2.75, 3.05) is 6.54 Å². The van der Waals surface area contributed by atoms with E-state index in [9.17, 15) is 9.90 Å². The van der Waals surface area contributed by atoms with Crippen LogP contribution in [0, 0.1) is 11.3 Å². The molecule has 1 amide bonds. The van der Waals surface area contributed by atoms with E-state index in [0.717, 1.165) is 0 Å². The standard InChI is InChI=1S/C6H8N2O2/c7-4-6(10)2-1-3-8-5(6)9/h10H,1-3H2,(H,8,9). The highest BCUT2D eigenvalue weighted by atomic mass is 16.3. The molecule has 1 fully saturated rings. The SMILES string of the molecule is N#CC1(O)CCCNC1=O. The Balaban J connectivity index is 2.75. The van der Waals surface area contributed by atoms with E-state index in [4.69, 9.17) is 5.26 Å². The van der Waals surface area contributed by atoms with E-state index in [1.54, 1.807) is 6.07 Å². The molecule has 0 bridgehead atoms. The summed E-state index contributed by atoms with van der Waals surface area (Å²) >= 11 is 0. The molecule has 1 aliphatic heterocycles. The number of nitrogens with one attached hydrogen (secondary N) is 1. The van der Waals surface area contributed by atoms with Gasteiger partial charge in [0.2, 0.25) is 5.60 Å². The van der Waals surface area contributed by atoms with Gasteiger partial charge in [0, 0.05) is 13.0 Å². The minimum absolute atomic E-state index is 0.245. The van der Waals surface area contributed by atoms with Gasteiger partial charge in [0.25, 0.3) is 5.91 Å². The first-order chi connectivity index (χ1) is 4.69. The number of carbonyl (C=O) groups is 1. The lowest BCUT2D eigenvalue weighted by atomic mass is 9.95. The van der Waals surface area contributed by atoms with E-state index in [1.807, 2.05) is 0 Å². The normalized spacial score (nSPS) is 32.6. The fourth-order valence-corrected chi connectivity index (χ4v) is 0.913. The average molecular weight is 140 g/mol. The van der Waals surface area contributed by atoms with E-state index in [1.165, 1.54) is 0 Å². The van der Waals surface area contributed by atoms with Crippen LogP contribution in [-0.4, -0.2) is 23.2 Å². The van der Waals surface area contributed by atoms with Gasteiger partial charge in [-0.15, -0.1) is 0 Å². The second kappa shape index (κ2) is 2.27. The van der Waals surface area contributed by atoms with Crippen molar-refractivity contribution in [1.82, 2.24) is 5.32 Å². The van der Waals surface area contributed by atoms with E-state index in [2.05, 4.69) is 5.32 Å². The minimum atomic E-state index is -1.77. The van der Waals surface area contributed by atoms with Crippen molar-refractivity contribution >= 4 is 5.91 Å². The molecule has 0 spiro atoms. The average Bonchev–Trinajstić information content (AvgIpc) is 1.96. The van der Waals surface area contributed by atoms with Crippen LogP contribution in [0.4, 0.5) is 0 Å². The molecule has 1 unspecified atom stereocenters. The Hall–Kier alpha value is -1.08. The Morgan fingerprint density at radius 3 is 2.90 bits per heavy atom. The van der Waals surface area contributed by atoms with Crippen LogP contribution in [0.5, 0.6) is 0 Å². The number of piperidine rings is 1. The maximum Gasteiger partial charge on any atom is 0.266 e. The molecule has 0 aromatic rings. The fraction of sp³-hybridized carbons (Fsp3) is 0.667. The van der Waals surface area contributed by atoms with Crippen LogP contribution in [0.1, 0.15) is 12.8 Å². The molecule has 1 heterocycles. The summed E-state index contributed by atoms with van der Waals surface area (Å²) in [5.74, 6) is -0.568.